The van der Waals surface area contributed by atoms with Crippen molar-refractivity contribution in [2.75, 3.05) is 12.8 Å². The summed E-state index contributed by atoms with van der Waals surface area (Å²) in [4.78, 5) is 20.0. The lowest BCUT2D eigenvalue weighted by Crippen LogP contribution is -2.02. The maximum Gasteiger partial charge on any atom is 0.340 e. The van der Waals surface area contributed by atoms with Crippen molar-refractivity contribution in [3.8, 4) is 0 Å². The van der Waals surface area contributed by atoms with Gasteiger partial charge in [-0.15, -0.1) is 0 Å². The first-order valence-corrected chi connectivity index (χ1v) is 4.63. The number of anilines is 1. The van der Waals surface area contributed by atoms with Gasteiger partial charge < -0.3 is 10.5 Å². The van der Waals surface area contributed by atoms with Crippen LogP contribution < -0.4 is 5.73 Å². The van der Waals surface area contributed by atoms with Crippen molar-refractivity contribution in [2.24, 2.45) is 0 Å². The van der Waals surface area contributed by atoms with Gasteiger partial charge in [0, 0.05) is 6.20 Å². The molecule has 72 valence electrons. The molecule has 14 heavy (non-hydrogen) atoms. The van der Waals surface area contributed by atoms with Gasteiger partial charge in [0.1, 0.15) is 10.3 Å². The molecule has 2 N–H and O–H groups in total. The van der Waals surface area contributed by atoms with E-state index in [4.69, 9.17) is 5.73 Å². The summed E-state index contributed by atoms with van der Waals surface area (Å²) in [7, 11) is 1.32. The molecule has 0 fully saturated rings. The first kappa shape index (κ1) is 8.89. The average Bonchev–Trinajstić information content (AvgIpc) is 2.56. The minimum absolute atomic E-state index is 0.392. The number of nitrogens with two attached hydrogens (primary N) is 1. The molecule has 0 aliphatic carbocycles. The molecule has 2 aromatic rings. The molecule has 0 aliphatic rings. The molecular formula is C8H7N3O2S. The highest BCUT2D eigenvalue weighted by Crippen LogP contribution is 2.24. The van der Waals surface area contributed by atoms with Crippen LogP contribution in [0.15, 0.2) is 12.3 Å². The molecule has 0 saturated heterocycles. The van der Waals surface area contributed by atoms with E-state index in [9.17, 15) is 4.79 Å². The highest BCUT2D eigenvalue weighted by molar-refractivity contribution is 7.21. The van der Waals surface area contributed by atoms with Gasteiger partial charge in [0.25, 0.3) is 0 Å². The number of nitrogens with zero attached hydrogens (tertiary/aromatic N) is 2. The largest absolute Gasteiger partial charge is 0.465 e. The van der Waals surface area contributed by atoms with E-state index in [0.717, 1.165) is 0 Å². The van der Waals surface area contributed by atoms with Crippen molar-refractivity contribution in [1.82, 2.24) is 9.97 Å². The summed E-state index contributed by atoms with van der Waals surface area (Å²) in [5, 5.41) is 0.392. The summed E-state index contributed by atoms with van der Waals surface area (Å²) in [6.07, 6.45) is 1.53. The van der Waals surface area contributed by atoms with Gasteiger partial charge in [-0.3, -0.25) is 0 Å². The normalized spacial score (nSPS) is 10.4. The smallest absolute Gasteiger partial charge is 0.340 e. The number of hydrogen-bond donors (Lipinski definition) is 1. The molecule has 0 atom stereocenters. The first-order valence-electron chi connectivity index (χ1n) is 3.81. The van der Waals surface area contributed by atoms with E-state index < -0.39 is 5.97 Å². The van der Waals surface area contributed by atoms with Crippen LogP contribution in [0.1, 0.15) is 10.4 Å². The Bertz CT molecular complexity index is 494. The number of pyridine rings is 1. The molecule has 2 rings (SSSR count). The van der Waals surface area contributed by atoms with Gasteiger partial charge in [-0.2, -0.15) is 0 Å². The SMILES string of the molecule is COC(=O)c1ccnc2sc(N)nc12. The Labute approximate surface area is 83.5 Å². The summed E-state index contributed by atoms with van der Waals surface area (Å²) < 4.78 is 4.61. The van der Waals surface area contributed by atoms with Crippen molar-refractivity contribution in [2.45, 2.75) is 0 Å². The fourth-order valence-electron chi connectivity index (χ4n) is 1.12. The third-order valence-electron chi connectivity index (χ3n) is 1.72. The predicted octanol–water partition coefficient (Wildman–Crippen LogP) is 1.06. The summed E-state index contributed by atoms with van der Waals surface area (Å²) in [5.74, 6) is -0.428. The highest BCUT2D eigenvalue weighted by atomic mass is 32.1. The average molecular weight is 209 g/mol. The summed E-state index contributed by atoms with van der Waals surface area (Å²) in [6, 6.07) is 1.56. The van der Waals surface area contributed by atoms with E-state index in [-0.39, 0.29) is 0 Å². The van der Waals surface area contributed by atoms with E-state index in [0.29, 0.717) is 21.0 Å². The molecule has 2 heterocycles. The number of nitrogen functional groups attached to an aromatic ring is 1. The number of aromatic nitrogens is 2. The van der Waals surface area contributed by atoms with E-state index in [1.165, 1.54) is 24.6 Å². The van der Waals surface area contributed by atoms with E-state index in [1.807, 2.05) is 0 Å². The molecule has 6 heteroatoms. The van der Waals surface area contributed by atoms with E-state index in [2.05, 4.69) is 14.7 Å². The Morgan fingerprint density at radius 3 is 3.14 bits per heavy atom. The third kappa shape index (κ3) is 1.29. The minimum atomic E-state index is -0.428. The van der Waals surface area contributed by atoms with Crippen LogP contribution >= 0.6 is 11.3 Å². The van der Waals surface area contributed by atoms with Crippen molar-refractivity contribution in [3.63, 3.8) is 0 Å². The van der Waals surface area contributed by atoms with Gasteiger partial charge in [0.15, 0.2) is 5.13 Å². The van der Waals surface area contributed by atoms with Crippen molar-refractivity contribution in [3.05, 3.63) is 17.8 Å². The second-order valence-electron chi connectivity index (χ2n) is 2.56. The first-order chi connectivity index (χ1) is 6.72. The Morgan fingerprint density at radius 2 is 2.43 bits per heavy atom. The summed E-state index contributed by atoms with van der Waals surface area (Å²) >= 11 is 1.24. The lowest BCUT2D eigenvalue weighted by atomic mass is 10.2. The van der Waals surface area contributed by atoms with Gasteiger partial charge >= 0.3 is 5.97 Å². The van der Waals surface area contributed by atoms with E-state index >= 15 is 0 Å². The van der Waals surface area contributed by atoms with Crippen LogP contribution in [0, 0.1) is 0 Å². The molecule has 0 amide bonds. The van der Waals surface area contributed by atoms with Crippen molar-refractivity contribution >= 4 is 32.8 Å². The van der Waals surface area contributed by atoms with Gasteiger partial charge in [-0.05, 0) is 6.07 Å². The molecule has 0 radical (unpaired) electrons. The maximum atomic E-state index is 11.3. The molecule has 5 nitrogen and oxygen atoms in total. The molecule has 0 aromatic carbocycles. The third-order valence-corrected chi connectivity index (χ3v) is 2.51. The second kappa shape index (κ2) is 3.22. The van der Waals surface area contributed by atoms with Crippen LogP contribution in [-0.4, -0.2) is 23.0 Å². The lowest BCUT2D eigenvalue weighted by molar-refractivity contribution is 0.0602. The van der Waals surface area contributed by atoms with E-state index in [1.54, 1.807) is 6.07 Å². The molecule has 0 saturated carbocycles. The standard InChI is InChI=1S/C8H7N3O2S/c1-13-7(12)4-2-3-10-6-5(4)11-8(9)14-6/h2-3H,1H3,(H2,9,11). The number of esters is 1. The Balaban J connectivity index is 2.70. The van der Waals surface area contributed by atoms with Crippen LogP contribution in [0.3, 0.4) is 0 Å². The fourth-order valence-corrected chi connectivity index (χ4v) is 1.83. The molecule has 2 aromatic heterocycles. The van der Waals surface area contributed by atoms with Gasteiger partial charge in [-0.25, -0.2) is 14.8 Å². The predicted molar refractivity (Wildman–Crippen MR) is 53.2 cm³/mol. The zero-order chi connectivity index (χ0) is 10.1. The second-order valence-corrected chi connectivity index (χ2v) is 3.57. The highest BCUT2D eigenvalue weighted by Gasteiger charge is 2.13. The number of ether oxygens (including phenoxy) is 1. The zero-order valence-electron chi connectivity index (χ0n) is 7.35. The summed E-state index contributed by atoms with van der Waals surface area (Å²) in [6.45, 7) is 0. The Morgan fingerprint density at radius 1 is 1.64 bits per heavy atom. The fraction of sp³-hybridized carbons (Fsp3) is 0.125. The number of methoxy groups -OCH3 is 1. The van der Waals surface area contributed by atoms with Gasteiger partial charge in [0.2, 0.25) is 0 Å². The Kier molecular flexibility index (Phi) is 2.05. The van der Waals surface area contributed by atoms with Crippen molar-refractivity contribution in [1.29, 1.82) is 0 Å². The Hall–Kier alpha value is -1.69. The topological polar surface area (TPSA) is 78.1 Å². The number of carbonyl (C=O) groups excluding carboxylic acids is 1. The van der Waals surface area contributed by atoms with Crippen LogP contribution in [0.25, 0.3) is 10.3 Å². The number of fused-ring (bicyclic) bond motifs is 1. The number of carbonyl (C=O) groups is 1. The van der Waals surface area contributed by atoms with Crippen LogP contribution in [0.5, 0.6) is 0 Å². The number of thiazole rings is 1. The maximum absolute atomic E-state index is 11.3. The van der Waals surface area contributed by atoms with Crippen LogP contribution in [-0.2, 0) is 4.74 Å². The molecular weight excluding hydrogens is 202 g/mol. The van der Waals surface area contributed by atoms with Crippen molar-refractivity contribution < 1.29 is 9.53 Å². The lowest BCUT2D eigenvalue weighted by Gasteiger charge is -1.97. The number of hydrogen-bond acceptors (Lipinski definition) is 6. The van der Waals surface area contributed by atoms with Crippen LogP contribution in [0.4, 0.5) is 5.13 Å². The van der Waals surface area contributed by atoms with Crippen LogP contribution in [0.2, 0.25) is 0 Å². The van der Waals surface area contributed by atoms with Gasteiger partial charge in [-0.1, -0.05) is 11.3 Å². The number of rotatable bonds is 1. The van der Waals surface area contributed by atoms with Gasteiger partial charge in [0.05, 0.1) is 12.7 Å². The molecule has 0 aliphatic heterocycles. The minimum Gasteiger partial charge on any atom is -0.465 e. The molecule has 0 unspecified atom stereocenters. The summed E-state index contributed by atoms with van der Waals surface area (Å²) in [5.41, 5.74) is 6.41. The monoisotopic (exact) mass is 209 g/mol. The zero-order valence-corrected chi connectivity index (χ0v) is 8.17. The molecule has 0 bridgehead atoms. The quantitative estimate of drug-likeness (QED) is 0.710. The molecule has 0 spiro atoms.